The number of aliphatic hydroxyl groups excluding tert-OH is 2. The van der Waals surface area contributed by atoms with E-state index in [4.69, 9.17) is 14.8 Å². The maximum Gasteiger partial charge on any atom is 0.472 e. The van der Waals surface area contributed by atoms with Gasteiger partial charge in [0, 0.05) is 6.54 Å². The number of hydrogen-bond acceptors (Lipinski definition) is 7. The Labute approximate surface area is 251 Å². The molecule has 10 heteroatoms. The number of amides is 1. The minimum Gasteiger partial charge on any atom is -0.393 e. The molecule has 0 fully saturated rings. The lowest BCUT2D eigenvalue weighted by Crippen LogP contribution is -2.47. The molecule has 6 N–H and O–H groups in total. The van der Waals surface area contributed by atoms with Gasteiger partial charge in [0.05, 0.1) is 37.9 Å². The zero-order valence-electron chi connectivity index (χ0n) is 26.4. The van der Waals surface area contributed by atoms with Crippen LogP contribution >= 0.6 is 7.82 Å². The van der Waals surface area contributed by atoms with Crippen molar-refractivity contribution in [2.45, 2.75) is 173 Å². The zero-order chi connectivity index (χ0) is 30.6. The van der Waals surface area contributed by atoms with Gasteiger partial charge in [-0.25, -0.2) is 4.57 Å². The average Bonchev–Trinajstić information content (AvgIpc) is 2.94. The number of carbonyl (C=O) groups excluding carboxylic acids is 1. The third-order valence-electron chi connectivity index (χ3n) is 7.52. The van der Waals surface area contributed by atoms with Crippen LogP contribution in [0.5, 0.6) is 0 Å². The minimum atomic E-state index is -4.35. The van der Waals surface area contributed by atoms with Crippen molar-refractivity contribution in [1.29, 1.82) is 0 Å². The second-order valence-electron chi connectivity index (χ2n) is 11.6. The average molecular weight is 609 g/mol. The van der Waals surface area contributed by atoms with Crippen LogP contribution in [-0.2, 0) is 18.4 Å². The van der Waals surface area contributed by atoms with E-state index in [-0.39, 0.29) is 26.2 Å². The molecule has 4 atom stereocenters. The fourth-order valence-electron chi connectivity index (χ4n) is 4.94. The van der Waals surface area contributed by atoms with Crippen LogP contribution in [0.2, 0.25) is 0 Å². The highest BCUT2D eigenvalue weighted by atomic mass is 31.2. The van der Waals surface area contributed by atoms with Crippen molar-refractivity contribution in [1.82, 2.24) is 5.32 Å². The van der Waals surface area contributed by atoms with Gasteiger partial charge in [0.1, 0.15) is 0 Å². The molecule has 0 aliphatic heterocycles. The quantitative estimate of drug-likeness (QED) is 0.0421. The predicted molar refractivity (Wildman–Crippen MR) is 168 cm³/mol. The van der Waals surface area contributed by atoms with Crippen LogP contribution in [0.4, 0.5) is 0 Å². The molecule has 4 unspecified atom stereocenters. The van der Waals surface area contributed by atoms with Crippen molar-refractivity contribution < 1.29 is 33.5 Å². The molecule has 9 nitrogen and oxygen atoms in total. The molecule has 0 aromatic rings. The number of hydrogen-bond donors (Lipinski definition) is 5. The maximum absolute atomic E-state index is 12.6. The van der Waals surface area contributed by atoms with E-state index in [0.717, 1.165) is 38.5 Å². The van der Waals surface area contributed by atoms with Gasteiger partial charge < -0.3 is 26.2 Å². The molecule has 0 saturated carbocycles. The Hall–Kier alpha value is -0.540. The van der Waals surface area contributed by atoms with Gasteiger partial charge in [0.2, 0.25) is 5.91 Å². The third-order valence-corrected chi connectivity index (χ3v) is 8.50. The summed E-state index contributed by atoms with van der Waals surface area (Å²) in [5.74, 6) is -0.417. The minimum absolute atomic E-state index is 0.0618. The number of aliphatic hydroxyl groups is 2. The first-order valence-electron chi connectivity index (χ1n) is 16.7. The lowest BCUT2D eigenvalue weighted by atomic mass is 10.0. The standard InChI is InChI=1S/C31H65N2O7P/c1-3-5-7-9-11-13-14-15-17-19-21-23-30(35)29(27-40-41(37,38)39-25-24-32)33-31(36)26-28(34)22-20-18-16-12-10-8-6-4-2/h28-30,34-35H,3-27,32H2,1-2H3,(H,33,36)(H,37,38). The van der Waals surface area contributed by atoms with E-state index >= 15 is 0 Å². The Morgan fingerprint density at radius 3 is 1.63 bits per heavy atom. The van der Waals surface area contributed by atoms with E-state index in [1.54, 1.807) is 0 Å². The fourth-order valence-corrected chi connectivity index (χ4v) is 5.70. The highest BCUT2D eigenvalue weighted by Gasteiger charge is 2.28. The highest BCUT2D eigenvalue weighted by Crippen LogP contribution is 2.43. The molecule has 0 rings (SSSR count). The van der Waals surface area contributed by atoms with Gasteiger partial charge in [0.15, 0.2) is 0 Å². The summed E-state index contributed by atoms with van der Waals surface area (Å²) in [6, 6.07) is -0.886. The number of nitrogens with one attached hydrogen (secondary N) is 1. The summed E-state index contributed by atoms with van der Waals surface area (Å²) in [7, 11) is -4.35. The van der Waals surface area contributed by atoms with E-state index in [1.165, 1.54) is 83.5 Å². The SMILES string of the molecule is CCCCCCCCCCCCCC(O)C(COP(=O)(O)OCCN)NC(=O)CC(O)CCCCCCCCCC. The van der Waals surface area contributed by atoms with Crippen LogP contribution in [0.15, 0.2) is 0 Å². The molecule has 0 aromatic heterocycles. The van der Waals surface area contributed by atoms with E-state index in [1.807, 2.05) is 0 Å². The molecule has 0 saturated heterocycles. The lowest BCUT2D eigenvalue weighted by molar-refractivity contribution is -0.125. The monoisotopic (exact) mass is 608 g/mol. The Kier molecular flexibility index (Phi) is 27.9. The molecular weight excluding hydrogens is 543 g/mol. The summed E-state index contributed by atoms with van der Waals surface area (Å²) in [5, 5.41) is 23.9. The Morgan fingerprint density at radius 2 is 1.17 bits per heavy atom. The molecule has 1 amide bonds. The van der Waals surface area contributed by atoms with E-state index < -0.39 is 32.0 Å². The predicted octanol–water partition coefficient (Wildman–Crippen LogP) is 6.91. The molecular formula is C31H65N2O7P. The second kappa shape index (κ2) is 28.2. The van der Waals surface area contributed by atoms with Gasteiger partial charge in [-0.2, -0.15) is 0 Å². The summed E-state index contributed by atoms with van der Waals surface area (Å²) in [5.41, 5.74) is 5.33. The fraction of sp³-hybridized carbons (Fsp3) is 0.968. The number of unbranched alkanes of at least 4 members (excludes halogenated alkanes) is 17. The van der Waals surface area contributed by atoms with Gasteiger partial charge in [-0.05, 0) is 12.8 Å². The number of carbonyl (C=O) groups is 1. The molecule has 0 aliphatic rings. The van der Waals surface area contributed by atoms with Crippen LogP contribution < -0.4 is 11.1 Å². The Bertz CT molecular complexity index is 642. The van der Waals surface area contributed by atoms with Crippen molar-refractivity contribution in [2.24, 2.45) is 5.73 Å². The Morgan fingerprint density at radius 1 is 0.732 bits per heavy atom. The number of nitrogens with two attached hydrogens (primary N) is 1. The summed E-state index contributed by atoms with van der Waals surface area (Å²) in [6.07, 6.45) is 21.6. The molecule has 0 radical (unpaired) electrons. The van der Waals surface area contributed by atoms with Crippen LogP contribution in [-0.4, -0.2) is 59.0 Å². The van der Waals surface area contributed by atoms with Gasteiger partial charge in [-0.3, -0.25) is 13.8 Å². The van der Waals surface area contributed by atoms with Gasteiger partial charge in [-0.1, -0.05) is 136 Å². The van der Waals surface area contributed by atoms with Crippen LogP contribution in [0.25, 0.3) is 0 Å². The van der Waals surface area contributed by atoms with Gasteiger partial charge in [-0.15, -0.1) is 0 Å². The first-order chi connectivity index (χ1) is 19.8. The smallest absolute Gasteiger partial charge is 0.393 e. The third kappa shape index (κ3) is 26.8. The van der Waals surface area contributed by atoms with Crippen molar-refractivity contribution >= 4 is 13.7 Å². The molecule has 0 aliphatic carbocycles. The van der Waals surface area contributed by atoms with Gasteiger partial charge >= 0.3 is 7.82 Å². The molecule has 41 heavy (non-hydrogen) atoms. The van der Waals surface area contributed by atoms with Crippen molar-refractivity contribution in [3.05, 3.63) is 0 Å². The normalized spacial score (nSPS) is 15.4. The number of phosphoric ester groups is 1. The first-order valence-corrected chi connectivity index (χ1v) is 18.2. The van der Waals surface area contributed by atoms with Crippen molar-refractivity contribution in [3.63, 3.8) is 0 Å². The summed E-state index contributed by atoms with van der Waals surface area (Å²) >= 11 is 0. The number of rotatable bonds is 31. The lowest BCUT2D eigenvalue weighted by Gasteiger charge is -2.25. The highest BCUT2D eigenvalue weighted by molar-refractivity contribution is 7.47. The second-order valence-corrected chi connectivity index (χ2v) is 13.0. The largest absolute Gasteiger partial charge is 0.472 e. The first kappa shape index (κ1) is 40.5. The van der Waals surface area contributed by atoms with E-state index in [0.29, 0.717) is 12.8 Å². The number of phosphoric acid groups is 1. The van der Waals surface area contributed by atoms with Crippen molar-refractivity contribution in [2.75, 3.05) is 19.8 Å². The summed E-state index contributed by atoms with van der Waals surface area (Å²) in [6.45, 7) is 3.98. The molecule has 0 heterocycles. The molecule has 0 bridgehead atoms. The summed E-state index contributed by atoms with van der Waals surface area (Å²) < 4.78 is 21.9. The molecule has 246 valence electrons. The van der Waals surface area contributed by atoms with Crippen LogP contribution in [0.3, 0.4) is 0 Å². The summed E-state index contributed by atoms with van der Waals surface area (Å²) in [4.78, 5) is 22.5. The van der Waals surface area contributed by atoms with E-state index in [2.05, 4.69) is 19.2 Å². The zero-order valence-corrected chi connectivity index (χ0v) is 27.3. The Balaban J connectivity index is 4.47. The molecule has 0 spiro atoms. The topological polar surface area (TPSA) is 151 Å². The van der Waals surface area contributed by atoms with Crippen LogP contribution in [0, 0.1) is 0 Å². The van der Waals surface area contributed by atoms with E-state index in [9.17, 15) is 24.5 Å². The van der Waals surface area contributed by atoms with Crippen LogP contribution in [0.1, 0.15) is 155 Å². The van der Waals surface area contributed by atoms with Crippen molar-refractivity contribution in [3.8, 4) is 0 Å². The van der Waals surface area contributed by atoms with Gasteiger partial charge in [0.25, 0.3) is 0 Å². The maximum atomic E-state index is 12.6. The molecule has 0 aromatic carbocycles.